The van der Waals surface area contributed by atoms with E-state index in [0.717, 1.165) is 6.42 Å². The van der Waals surface area contributed by atoms with Crippen LogP contribution < -0.4 is 10.6 Å². The summed E-state index contributed by atoms with van der Waals surface area (Å²) >= 11 is 0. The molecule has 2 atom stereocenters. The van der Waals surface area contributed by atoms with Gasteiger partial charge < -0.3 is 20.6 Å². The van der Waals surface area contributed by atoms with E-state index in [1.165, 1.54) is 4.90 Å². The SMILES string of the molecule is CCN(C)C(=O)CNC(=O)NC1CCCC1C(=O)O. The number of hydrogen-bond acceptors (Lipinski definition) is 3. The lowest BCUT2D eigenvalue weighted by atomic mass is 10.0. The minimum Gasteiger partial charge on any atom is -0.481 e. The first-order valence-electron chi connectivity index (χ1n) is 6.46. The average molecular weight is 271 g/mol. The van der Waals surface area contributed by atoms with Gasteiger partial charge in [-0.15, -0.1) is 0 Å². The summed E-state index contributed by atoms with van der Waals surface area (Å²) in [5.74, 6) is -1.59. The molecule has 0 bridgehead atoms. The third-order valence-electron chi connectivity index (χ3n) is 3.45. The van der Waals surface area contributed by atoms with Gasteiger partial charge in [0.25, 0.3) is 0 Å². The van der Waals surface area contributed by atoms with Crippen molar-refractivity contribution in [3.05, 3.63) is 0 Å². The molecule has 0 aromatic carbocycles. The number of rotatable bonds is 5. The van der Waals surface area contributed by atoms with Crippen molar-refractivity contribution in [2.75, 3.05) is 20.1 Å². The molecular formula is C12H21N3O4. The molecule has 7 nitrogen and oxygen atoms in total. The summed E-state index contributed by atoms with van der Waals surface area (Å²) in [5, 5.41) is 14.1. The van der Waals surface area contributed by atoms with Crippen LogP contribution in [0, 0.1) is 5.92 Å². The first kappa shape index (κ1) is 15.3. The molecule has 2 unspecified atom stereocenters. The van der Waals surface area contributed by atoms with Gasteiger partial charge in [-0.2, -0.15) is 0 Å². The molecular weight excluding hydrogens is 250 g/mol. The van der Waals surface area contributed by atoms with Gasteiger partial charge in [0.1, 0.15) is 0 Å². The zero-order valence-corrected chi connectivity index (χ0v) is 11.3. The average Bonchev–Trinajstić information content (AvgIpc) is 2.83. The summed E-state index contributed by atoms with van der Waals surface area (Å²) in [5.41, 5.74) is 0. The smallest absolute Gasteiger partial charge is 0.315 e. The molecule has 19 heavy (non-hydrogen) atoms. The second-order valence-corrected chi connectivity index (χ2v) is 4.72. The molecule has 0 aromatic heterocycles. The van der Waals surface area contributed by atoms with Crippen molar-refractivity contribution in [1.82, 2.24) is 15.5 Å². The number of carboxylic acids is 1. The van der Waals surface area contributed by atoms with Gasteiger partial charge in [0.05, 0.1) is 12.5 Å². The van der Waals surface area contributed by atoms with Crippen LogP contribution in [0.1, 0.15) is 26.2 Å². The molecule has 0 aromatic rings. The maximum Gasteiger partial charge on any atom is 0.315 e. The van der Waals surface area contributed by atoms with Crippen LogP contribution in [0.2, 0.25) is 0 Å². The molecule has 1 aliphatic carbocycles. The van der Waals surface area contributed by atoms with Crippen molar-refractivity contribution in [2.24, 2.45) is 5.92 Å². The van der Waals surface area contributed by atoms with Gasteiger partial charge >= 0.3 is 12.0 Å². The van der Waals surface area contributed by atoms with Gasteiger partial charge in [-0.05, 0) is 19.8 Å². The van der Waals surface area contributed by atoms with Gasteiger partial charge in [0.15, 0.2) is 0 Å². The Balaban J connectivity index is 2.35. The Hall–Kier alpha value is -1.79. The van der Waals surface area contributed by atoms with E-state index in [2.05, 4.69) is 10.6 Å². The maximum atomic E-state index is 11.6. The monoisotopic (exact) mass is 271 g/mol. The largest absolute Gasteiger partial charge is 0.481 e. The molecule has 0 radical (unpaired) electrons. The van der Waals surface area contributed by atoms with Gasteiger partial charge in [0.2, 0.25) is 5.91 Å². The summed E-state index contributed by atoms with van der Waals surface area (Å²) in [6.07, 6.45) is 2.03. The summed E-state index contributed by atoms with van der Waals surface area (Å²) in [7, 11) is 1.65. The van der Waals surface area contributed by atoms with E-state index in [0.29, 0.717) is 19.4 Å². The standard InChI is InChI=1S/C12H21N3O4/c1-3-15(2)10(16)7-13-12(19)14-9-6-4-5-8(9)11(17)18/h8-9H,3-7H2,1-2H3,(H,17,18)(H2,13,14,19). The highest BCUT2D eigenvalue weighted by molar-refractivity contribution is 5.84. The second kappa shape index (κ2) is 6.96. The lowest BCUT2D eigenvalue weighted by Gasteiger charge is -2.19. The van der Waals surface area contributed by atoms with Crippen LogP contribution in [0.3, 0.4) is 0 Å². The number of aliphatic carboxylic acids is 1. The molecule has 0 aliphatic heterocycles. The second-order valence-electron chi connectivity index (χ2n) is 4.72. The number of likely N-dealkylation sites (N-methyl/N-ethyl adjacent to an activating group) is 1. The topological polar surface area (TPSA) is 98.7 Å². The van der Waals surface area contributed by atoms with Crippen LogP contribution in [0.15, 0.2) is 0 Å². The summed E-state index contributed by atoms with van der Waals surface area (Å²) < 4.78 is 0. The minimum absolute atomic E-state index is 0.0827. The first-order chi connectivity index (χ1) is 8.95. The molecule has 108 valence electrons. The van der Waals surface area contributed by atoms with E-state index in [4.69, 9.17) is 5.11 Å². The van der Waals surface area contributed by atoms with E-state index < -0.39 is 17.9 Å². The molecule has 3 amide bonds. The fourth-order valence-corrected chi connectivity index (χ4v) is 2.12. The molecule has 1 rings (SSSR count). The zero-order valence-electron chi connectivity index (χ0n) is 11.3. The Morgan fingerprint density at radius 1 is 1.32 bits per heavy atom. The maximum absolute atomic E-state index is 11.6. The van der Waals surface area contributed by atoms with Gasteiger partial charge in [-0.3, -0.25) is 9.59 Å². The molecule has 0 saturated heterocycles. The number of carboxylic acid groups (broad SMARTS) is 1. The van der Waals surface area contributed by atoms with E-state index in [9.17, 15) is 14.4 Å². The number of hydrogen-bond donors (Lipinski definition) is 3. The van der Waals surface area contributed by atoms with Gasteiger partial charge in [-0.1, -0.05) is 6.42 Å². The normalized spacial score (nSPS) is 21.8. The van der Waals surface area contributed by atoms with Crippen molar-refractivity contribution >= 4 is 17.9 Å². The molecule has 0 heterocycles. The molecule has 1 saturated carbocycles. The van der Waals surface area contributed by atoms with Crippen molar-refractivity contribution in [3.8, 4) is 0 Å². The van der Waals surface area contributed by atoms with Gasteiger partial charge in [0, 0.05) is 19.6 Å². The van der Waals surface area contributed by atoms with Crippen LogP contribution in [0.4, 0.5) is 4.79 Å². The molecule has 0 spiro atoms. The van der Waals surface area contributed by atoms with Crippen molar-refractivity contribution < 1.29 is 19.5 Å². The predicted octanol–water partition coefficient (Wildman–Crippen LogP) is 0.0172. The van der Waals surface area contributed by atoms with Crippen LogP contribution in [0.25, 0.3) is 0 Å². The summed E-state index contributed by atoms with van der Waals surface area (Å²) in [6.45, 7) is 2.33. The van der Waals surface area contributed by atoms with E-state index in [-0.39, 0.29) is 18.5 Å². The van der Waals surface area contributed by atoms with Crippen molar-refractivity contribution in [2.45, 2.75) is 32.2 Å². The van der Waals surface area contributed by atoms with E-state index in [1.807, 2.05) is 6.92 Å². The Labute approximate surface area is 112 Å². The molecule has 3 N–H and O–H groups in total. The Bertz CT molecular complexity index is 359. The van der Waals surface area contributed by atoms with Crippen LogP contribution in [0.5, 0.6) is 0 Å². The fourth-order valence-electron chi connectivity index (χ4n) is 2.12. The number of urea groups is 1. The van der Waals surface area contributed by atoms with Crippen molar-refractivity contribution in [1.29, 1.82) is 0 Å². The van der Waals surface area contributed by atoms with Crippen molar-refractivity contribution in [3.63, 3.8) is 0 Å². The number of amides is 3. The third kappa shape index (κ3) is 4.42. The Kier molecular flexibility index (Phi) is 5.59. The number of nitrogens with one attached hydrogen (secondary N) is 2. The third-order valence-corrected chi connectivity index (χ3v) is 3.45. The minimum atomic E-state index is -0.885. The van der Waals surface area contributed by atoms with Crippen LogP contribution in [-0.4, -0.2) is 54.1 Å². The molecule has 7 heteroatoms. The van der Waals surface area contributed by atoms with Crippen LogP contribution in [-0.2, 0) is 9.59 Å². The predicted molar refractivity (Wildman–Crippen MR) is 68.6 cm³/mol. The molecule has 1 fully saturated rings. The first-order valence-corrected chi connectivity index (χ1v) is 6.46. The highest BCUT2D eigenvalue weighted by atomic mass is 16.4. The molecule has 1 aliphatic rings. The van der Waals surface area contributed by atoms with E-state index in [1.54, 1.807) is 7.05 Å². The lowest BCUT2D eigenvalue weighted by Crippen LogP contribution is -2.48. The Morgan fingerprint density at radius 3 is 2.58 bits per heavy atom. The zero-order chi connectivity index (χ0) is 14.4. The number of carbonyl (C=O) groups excluding carboxylic acids is 2. The number of carbonyl (C=O) groups is 3. The summed E-state index contributed by atoms with van der Waals surface area (Å²) in [6, 6.07) is -0.840. The highest BCUT2D eigenvalue weighted by Gasteiger charge is 2.33. The quantitative estimate of drug-likeness (QED) is 0.656. The highest BCUT2D eigenvalue weighted by Crippen LogP contribution is 2.25. The number of nitrogens with zero attached hydrogens (tertiary/aromatic N) is 1. The fraction of sp³-hybridized carbons (Fsp3) is 0.750. The Morgan fingerprint density at radius 2 is 2.00 bits per heavy atom. The lowest BCUT2D eigenvalue weighted by molar-refractivity contribution is -0.142. The van der Waals surface area contributed by atoms with E-state index >= 15 is 0 Å². The van der Waals surface area contributed by atoms with Crippen LogP contribution >= 0.6 is 0 Å². The summed E-state index contributed by atoms with van der Waals surface area (Å²) in [4.78, 5) is 35.5. The van der Waals surface area contributed by atoms with Gasteiger partial charge in [-0.25, -0.2) is 4.79 Å².